The molecule has 0 bridgehead atoms. The van der Waals surface area contributed by atoms with E-state index >= 15 is 0 Å². The van der Waals surface area contributed by atoms with E-state index in [-0.39, 0.29) is 36.4 Å². The van der Waals surface area contributed by atoms with Gasteiger partial charge in [0.25, 0.3) is 0 Å². The largest absolute Gasteiger partial charge is 0.416 e. The molecule has 2 aliphatic heterocycles. The lowest BCUT2D eigenvalue weighted by Crippen LogP contribution is -2.50. The van der Waals surface area contributed by atoms with Crippen molar-refractivity contribution in [2.75, 3.05) is 19.8 Å². The Morgan fingerprint density at radius 2 is 2.06 bits per heavy atom. The molecule has 4 nitrogen and oxygen atoms in total. The van der Waals surface area contributed by atoms with Crippen LogP contribution < -0.4 is 5.32 Å². The van der Waals surface area contributed by atoms with Gasteiger partial charge in [-0.1, -0.05) is 20.8 Å². The Hall–Kier alpha value is -1.67. The summed E-state index contributed by atoms with van der Waals surface area (Å²) < 4.78 is 59.7. The Bertz CT molecular complexity index is 904. The third kappa shape index (κ3) is 4.85. The Morgan fingerprint density at radius 3 is 2.74 bits per heavy atom. The minimum atomic E-state index is -4.62. The molecule has 4 rings (SSSR count). The summed E-state index contributed by atoms with van der Waals surface area (Å²) in [6, 6.07) is 2.19. The van der Waals surface area contributed by atoms with Crippen LogP contribution in [0.2, 0.25) is 0 Å². The molecule has 1 saturated carbocycles. The number of hydrogen-bond acceptors (Lipinski definition) is 3. The monoisotopic (exact) mass is 484 g/mol. The second-order valence-electron chi connectivity index (χ2n) is 10.6. The van der Waals surface area contributed by atoms with E-state index in [0.29, 0.717) is 30.1 Å². The van der Waals surface area contributed by atoms with Crippen LogP contribution in [0.1, 0.15) is 69.6 Å². The minimum Gasteiger partial charge on any atom is -0.381 e. The molecule has 8 heteroatoms. The van der Waals surface area contributed by atoms with Gasteiger partial charge in [-0.15, -0.1) is 0 Å². The highest BCUT2D eigenvalue weighted by Crippen LogP contribution is 2.47. The zero-order valence-corrected chi connectivity index (χ0v) is 20.3. The van der Waals surface area contributed by atoms with Crippen LogP contribution in [0.3, 0.4) is 0 Å². The van der Waals surface area contributed by atoms with Gasteiger partial charge in [0, 0.05) is 31.8 Å². The summed E-state index contributed by atoms with van der Waals surface area (Å²) in [6.45, 7) is 8.16. The fraction of sp³-hybridized carbons (Fsp3) is 0.731. The van der Waals surface area contributed by atoms with E-state index in [1.54, 1.807) is 4.90 Å². The van der Waals surface area contributed by atoms with Crippen molar-refractivity contribution in [3.05, 3.63) is 34.6 Å². The Kier molecular flexibility index (Phi) is 7.30. The highest BCUT2D eigenvalue weighted by molar-refractivity contribution is 5.84. The van der Waals surface area contributed by atoms with Crippen molar-refractivity contribution in [2.24, 2.45) is 17.3 Å². The number of carbonyl (C=O) groups is 1. The number of fused-ring (bicyclic) bond motifs is 1. The molecule has 1 aromatic rings. The Morgan fingerprint density at radius 1 is 1.29 bits per heavy atom. The summed E-state index contributed by atoms with van der Waals surface area (Å²) in [7, 11) is 0. The number of ether oxygens (including phenoxy) is 1. The van der Waals surface area contributed by atoms with Crippen molar-refractivity contribution in [3.8, 4) is 0 Å². The highest BCUT2D eigenvalue weighted by atomic mass is 19.4. The molecule has 1 aliphatic carbocycles. The standard InChI is InChI=1S/C26H36F4N2O2/c1-4-17-15-34-10-7-23(17)31-20-5-8-25(13-20,16(2)3)24(33)32-9-6-21-18(14-32)11-19(12-22(21)27)26(28,29)30/h11-12,16-17,20,23,31H,4-10,13-15H2,1-3H3/t17?,20-,23?,25+/m1/s1. The number of amides is 1. The summed E-state index contributed by atoms with van der Waals surface area (Å²) in [5, 5.41) is 3.81. The van der Waals surface area contributed by atoms with Gasteiger partial charge in [-0.25, -0.2) is 4.39 Å². The van der Waals surface area contributed by atoms with E-state index in [0.717, 1.165) is 51.4 Å². The fourth-order valence-electron chi connectivity index (χ4n) is 6.20. The summed E-state index contributed by atoms with van der Waals surface area (Å²) in [5.41, 5.74) is -0.982. The number of hydrogen-bond donors (Lipinski definition) is 1. The molecule has 190 valence electrons. The number of rotatable bonds is 5. The van der Waals surface area contributed by atoms with E-state index in [1.165, 1.54) is 0 Å². The second-order valence-corrected chi connectivity index (χ2v) is 10.6. The number of nitrogens with zero attached hydrogens (tertiary/aromatic N) is 1. The maximum Gasteiger partial charge on any atom is 0.416 e. The van der Waals surface area contributed by atoms with Crippen LogP contribution in [0.15, 0.2) is 12.1 Å². The van der Waals surface area contributed by atoms with Gasteiger partial charge in [-0.3, -0.25) is 4.79 Å². The van der Waals surface area contributed by atoms with Crippen molar-refractivity contribution < 1.29 is 27.1 Å². The van der Waals surface area contributed by atoms with Gasteiger partial charge in [-0.2, -0.15) is 13.2 Å². The molecule has 1 aromatic carbocycles. The van der Waals surface area contributed by atoms with Crippen LogP contribution in [-0.2, 0) is 28.7 Å². The molecule has 3 aliphatic rings. The average Bonchev–Trinajstić information content (AvgIpc) is 3.23. The first-order chi connectivity index (χ1) is 16.0. The number of alkyl halides is 3. The third-order valence-corrected chi connectivity index (χ3v) is 8.42. The zero-order valence-electron chi connectivity index (χ0n) is 20.3. The van der Waals surface area contributed by atoms with Gasteiger partial charge < -0.3 is 15.0 Å². The molecule has 0 aromatic heterocycles. The fourth-order valence-corrected chi connectivity index (χ4v) is 6.20. The van der Waals surface area contributed by atoms with Crippen molar-refractivity contribution in [3.63, 3.8) is 0 Å². The molecule has 0 spiro atoms. The second kappa shape index (κ2) is 9.76. The number of halogens is 4. The lowest BCUT2D eigenvalue weighted by molar-refractivity contribution is -0.146. The van der Waals surface area contributed by atoms with E-state index in [9.17, 15) is 22.4 Å². The van der Waals surface area contributed by atoms with Crippen LogP contribution in [-0.4, -0.2) is 42.6 Å². The van der Waals surface area contributed by atoms with Gasteiger partial charge in [0.05, 0.1) is 17.6 Å². The quantitative estimate of drug-likeness (QED) is 0.575. The molecule has 1 amide bonds. The van der Waals surface area contributed by atoms with Crippen LogP contribution >= 0.6 is 0 Å². The molecular weight excluding hydrogens is 448 g/mol. The average molecular weight is 485 g/mol. The zero-order chi connectivity index (χ0) is 24.7. The molecule has 2 fully saturated rings. The Labute approximate surface area is 199 Å². The molecule has 1 saturated heterocycles. The topological polar surface area (TPSA) is 41.6 Å². The van der Waals surface area contributed by atoms with Crippen molar-refractivity contribution in [2.45, 2.75) is 84.1 Å². The van der Waals surface area contributed by atoms with Crippen molar-refractivity contribution in [1.29, 1.82) is 0 Å². The molecule has 0 radical (unpaired) electrons. The van der Waals surface area contributed by atoms with E-state index in [2.05, 4.69) is 26.1 Å². The van der Waals surface area contributed by atoms with Gasteiger partial charge in [-0.05, 0) is 73.6 Å². The third-order valence-electron chi connectivity index (χ3n) is 8.42. The van der Waals surface area contributed by atoms with Crippen LogP contribution in [0.25, 0.3) is 0 Å². The summed E-state index contributed by atoms with van der Waals surface area (Å²) in [6.07, 6.45) is -0.00264. The maximum atomic E-state index is 14.4. The molecule has 2 heterocycles. The molecule has 2 unspecified atom stereocenters. The molecule has 34 heavy (non-hydrogen) atoms. The smallest absolute Gasteiger partial charge is 0.381 e. The van der Waals surface area contributed by atoms with Gasteiger partial charge in [0.2, 0.25) is 5.91 Å². The van der Waals surface area contributed by atoms with Crippen LogP contribution in [0.4, 0.5) is 17.6 Å². The Balaban J connectivity index is 1.50. The van der Waals surface area contributed by atoms with Gasteiger partial charge in [0.1, 0.15) is 5.82 Å². The first kappa shape index (κ1) is 25.4. The first-order valence-corrected chi connectivity index (χ1v) is 12.6. The van der Waals surface area contributed by atoms with Crippen LogP contribution in [0.5, 0.6) is 0 Å². The van der Waals surface area contributed by atoms with Gasteiger partial charge in [0.15, 0.2) is 0 Å². The highest BCUT2D eigenvalue weighted by Gasteiger charge is 2.50. The van der Waals surface area contributed by atoms with E-state index < -0.39 is 23.0 Å². The number of nitrogens with one attached hydrogen (secondary N) is 1. The minimum absolute atomic E-state index is 0.00529. The molecule has 1 N–H and O–H groups in total. The summed E-state index contributed by atoms with van der Waals surface area (Å²) >= 11 is 0. The predicted molar refractivity (Wildman–Crippen MR) is 122 cm³/mol. The van der Waals surface area contributed by atoms with Gasteiger partial charge >= 0.3 is 6.18 Å². The number of carbonyl (C=O) groups excluding carboxylic acids is 1. The molecular formula is C26H36F4N2O2. The molecule has 4 atom stereocenters. The van der Waals surface area contributed by atoms with E-state index in [1.807, 2.05) is 0 Å². The summed E-state index contributed by atoms with van der Waals surface area (Å²) in [4.78, 5) is 15.5. The normalized spacial score (nSPS) is 30.0. The lowest BCUT2D eigenvalue weighted by atomic mass is 9.73. The summed E-state index contributed by atoms with van der Waals surface area (Å²) in [5.74, 6) is -0.269. The lowest BCUT2D eigenvalue weighted by Gasteiger charge is -2.40. The van der Waals surface area contributed by atoms with Crippen molar-refractivity contribution in [1.82, 2.24) is 10.2 Å². The SMILES string of the molecule is CCC1COCCC1N[C@@H]1CC[C@@](C(=O)N2CCc3c(F)cc(C(F)(F)F)cc3C2)(C(C)C)C1. The maximum absolute atomic E-state index is 14.4. The number of benzene rings is 1. The predicted octanol–water partition coefficient (Wildman–Crippen LogP) is 5.33. The first-order valence-electron chi connectivity index (χ1n) is 12.6. The van der Waals surface area contributed by atoms with Crippen LogP contribution in [0, 0.1) is 23.1 Å². The van der Waals surface area contributed by atoms with Crippen molar-refractivity contribution >= 4 is 5.91 Å². The van der Waals surface area contributed by atoms with E-state index in [4.69, 9.17) is 4.74 Å².